The lowest BCUT2D eigenvalue weighted by Crippen LogP contribution is -2.06. The molecule has 0 spiro atoms. The van der Waals surface area contributed by atoms with Gasteiger partial charge in [-0.25, -0.2) is 0 Å². The summed E-state index contributed by atoms with van der Waals surface area (Å²) in [6, 6.07) is 6.77. The zero-order valence-corrected chi connectivity index (χ0v) is 13.5. The van der Waals surface area contributed by atoms with Crippen LogP contribution in [0.25, 0.3) is 0 Å². The summed E-state index contributed by atoms with van der Waals surface area (Å²) in [4.78, 5) is 0. The summed E-state index contributed by atoms with van der Waals surface area (Å²) in [6.45, 7) is 9.22. The van der Waals surface area contributed by atoms with E-state index in [9.17, 15) is 0 Å². The highest BCUT2D eigenvalue weighted by Crippen LogP contribution is 2.28. The summed E-state index contributed by atoms with van der Waals surface area (Å²) in [5, 5.41) is 7.99. The number of benzene rings is 1. The Hall–Kier alpha value is -1.29. The molecule has 1 aromatic heterocycles. The van der Waals surface area contributed by atoms with Gasteiger partial charge >= 0.3 is 0 Å². The highest BCUT2D eigenvalue weighted by Gasteiger charge is 2.06. The molecule has 0 aliphatic carbocycles. The van der Waals surface area contributed by atoms with Gasteiger partial charge in [-0.1, -0.05) is 6.07 Å². The van der Waals surface area contributed by atoms with E-state index in [1.54, 1.807) is 0 Å². The zero-order valence-electron chi connectivity index (χ0n) is 11.9. The van der Waals surface area contributed by atoms with Crippen LogP contribution in [0.15, 0.2) is 28.9 Å². The van der Waals surface area contributed by atoms with Crippen molar-refractivity contribution in [3.05, 3.63) is 45.7 Å². The molecule has 0 unspecified atom stereocenters. The Morgan fingerprint density at radius 1 is 1.32 bits per heavy atom. The van der Waals surface area contributed by atoms with Crippen molar-refractivity contribution in [1.29, 1.82) is 0 Å². The van der Waals surface area contributed by atoms with Gasteiger partial charge in [-0.3, -0.25) is 4.68 Å². The molecule has 2 rings (SSSR count). The number of rotatable bonds is 4. The first-order valence-corrected chi connectivity index (χ1v) is 7.31. The number of hydrogen-bond acceptors (Lipinski definition) is 2. The van der Waals surface area contributed by atoms with Crippen LogP contribution in [0.4, 0.5) is 5.69 Å². The Balaban J connectivity index is 2.10. The smallest absolute Gasteiger partial charge is 0.0815 e. The van der Waals surface area contributed by atoms with Crippen LogP contribution in [-0.2, 0) is 6.54 Å². The van der Waals surface area contributed by atoms with Crippen LogP contribution < -0.4 is 5.32 Å². The maximum absolute atomic E-state index is 4.54. The van der Waals surface area contributed by atoms with Gasteiger partial charge in [-0.05, 0) is 66.9 Å². The van der Waals surface area contributed by atoms with Crippen LogP contribution in [0.2, 0.25) is 0 Å². The van der Waals surface area contributed by atoms with Crippen molar-refractivity contribution < 1.29 is 0 Å². The van der Waals surface area contributed by atoms with E-state index in [-0.39, 0.29) is 0 Å². The minimum absolute atomic E-state index is 0.404. The summed E-state index contributed by atoms with van der Waals surface area (Å²) in [7, 11) is 0. The third-order valence-corrected chi connectivity index (χ3v) is 3.70. The third-order valence-electron chi connectivity index (χ3n) is 3.07. The number of aromatic nitrogens is 2. The van der Waals surface area contributed by atoms with Gasteiger partial charge in [-0.15, -0.1) is 0 Å². The van der Waals surface area contributed by atoms with Crippen molar-refractivity contribution in [2.45, 2.75) is 40.3 Å². The highest BCUT2D eigenvalue weighted by atomic mass is 79.9. The number of nitrogens with one attached hydrogen (secondary N) is 1. The predicted octanol–water partition coefficient (Wildman–Crippen LogP) is 4.46. The molecule has 19 heavy (non-hydrogen) atoms. The van der Waals surface area contributed by atoms with Crippen LogP contribution in [-0.4, -0.2) is 9.78 Å². The molecule has 0 amide bonds. The molecule has 0 aliphatic heterocycles. The van der Waals surface area contributed by atoms with Gasteiger partial charge < -0.3 is 5.32 Å². The molecule has 4 heteroatoms. The molecule has 0 saturated heterocycles. The van der Waals surface area contributed by atoms with Gasteiger partial charge in [-0.2, -0.15) is 5.10 Å². The van der Waals surface area contributed by atoms with Crippen molar-refractivity contribution in [2.24, 2.45) is 0 Å². The minimum Gasteiger partial charge on any atom is -0.378 e. The van der Waals surface area contributed by atoms with Crippen LogP contribution in [0, 0.1) is 13.8 Å². The molecular weight excluding hydrogens is 302 g/mol. The van der Waals surface area contributed by atoms with Crippen molar-refractivity contribution in [3.63, 3.8) is 0 Å². The third kappa shape index (κ3) is 3.38. The lowest BCUT2D eigenvalue weighted by Gasteiger charge is -2.12. The van der Waals surface area contributed by atoms with Crippen molar-refractivity contribution in [1.82, 2.24) is 9.78 Å². The first-order valence-electron chi connectivity index (χ1n) is 6.52. The Morgan fingerprint density at radius 2 is 2.05 bits per heavy atom. The summed E-state index contributed by atoms with van der Waals surface area (Å²) < 4.78 is 3.09. The second-order valence-corrected chi connectivity index (χ2v) is 6.03. The second kappa shape index (κ2) is 5.78. The molecule has 0 aliphatic rings. The maximum atomic E-state index is 4.54. The fraction of sp³-hybridized carbons (Fsp3) is 0.400. The van der Waals surface area contributed by atoms with E-state index in [2.05, 4.69) is 72.2 Å². The average molecular weight is 322 g/mol. The molecule has 2 aromatic rings. The molecule has 0 atom stereocenters. The second-order valence-electron chi connectivity index (χ2n) is 5.17. The summed E-state index contributed by atoms with van der Waals surface area (Å²) >= 11 is 3.61. The summed E-state index contributed by atoms with van der Waals surface area (Å²) in [5.74, 6) is 0. The van der Waals surface area contributed by atoms with E-state index in [1.807, 2.05) is 10.9 Å². The maximum Gasteiger partial charge on any atom is 0.0815 e. The highest BCUT2D eigenvalue weighted by molar-refractivity contribution is 9.10. The van der Waals surface area contributed by atoms with Gasteiger partial charge in [0.05, 0.1) is 17.9 Å². The molecule has 1 N–H and O–H groups in total. The SMILES string of the molecule is Cc1cc(C)c(NCc2ccn(C(C)C)n2)c(Br)c1. The fourth-order valence-electron chi connectivity index (χ4n) is 2.08. The normalized spacial score (nSPS) is 11.1. The fourth-order valence-corrected chi connectivity index (χ4v) is 2.89. The van der Waals surface area contributed by atoms with Crippen LogP contribution in [0.5, 0.6) is 0 Å². The predicted molar refractivity (Wildman–Crippen MR) is 83.6 cm³/mol. The Kier molecular flexibility index (Phi) is 4.30. The van der Waals surface area contributed by atoms with Crippen molar-refractivity contribution >= 4 is 21.6 Å². The van der Waals surface area contributed by atoms with Gasteiger partial charge in [0, 0.05) is 16.7 Å². The van der Waals surface area contributed by atoms with Crippen LogP contribution in [0.3, 0.4) is 0 Å². The first-order chi connectivity index (χ1) is 8.97. The van der Waals surface area contributed by atoms with Gasteiger partial charge in [0.15, 0.2) is 0 Å². The molecule has 0 bridgehead atoms. The summed E-state index contributed by atoms with van der Waals surface area (Å²) in [6.07, 6.45) is 2.03. The first kappa shape index (κ1) is 14.1. The molecule has 3 nitrogen and oxygen atoms in total. The van der Waals surface area contributed by atoms with Crippen molar-refractivity contribution in [3.8, 4) is 0 Å². The quantitative estimate of drug-likeness (QED) is 0.901. The van der Waals surface area contributed by atoms with Crippen molar-refractivity contribution in [2.75, 3.05) is 5.32 Å². The van der Waals surface area contributed by atoms with Crippen LogP contribution in [0.1, 0.15) is 36.7 Å². The molecule has 0 fully saturated rings. The number of aryl methyl sites for hydroxylation is 2. The molecule has 102 valence electrons. The standard InChI is InChI=1S/C15H20BrN3/c1-10(2)19-6-5-13(18-19)9-17-15-12(4)7-11(3)8-14(15)16/h5-8,10,17H,9H2,1-4H3. The molecule has 1 heterocycles. The van der Waals surface area contributed by atoms with Gasteiger partial charge in [0.2, 0.25) is 0 Å². The lowest BCUT2D eigenvalue weighted by atomic mass is 10.1. The van der Waals surface area contributed by atoms with E-state index < -0.39 is 0 Å². The Bertz CT molecular complexity index is 550. The largest absolute Gasteiger partial charge is 0.378 e. The number of anilines is 1. The van der Waals surface area contributed by atoms with Gasteiger partial charge in [0.1, 0.15) is 0 Å². The summed E-state index contributed by atoms with van der Waals surface area (Å²) in [5.41, 5.74) is 4.71. The number of hydrogen-bond donors (Lipinski definition) is 1. The van der Waals surface area contributed by atoms with Gasteiger partial charge in [0.25, 0.3) is 0 Å². The number of halogens is 1. The van der Waals surface area contributed by atoms with E-state index in [0.29, 0.717) is 6.04 Å². The van der Waals surface area contributed by atoms with E-state index in [4.69, 9.17) is 0 Å². The van der Waals surface area contributed by atoms with E-state index >= 15 is 0 Å². The zero-order chi connectivity index (χ0) is 14.0. The molecule has 0 radical (unpaired) electrons. The number of nitrogens with zero attached hydrogens (tertiary/aromatic N) is 2. The molecule has 0 saturated carbocycles. The minimum atomic E-state index is 0.404. The Labute approximate surface area is 123 Å². The van der Waals surface area contributed by atoms with E-state index in [1.165, 1.54) is 11.1 Å². The molecule has 1 aromatic carbocycles. The average Bonchev–Trinajstić information content (AvgIpc) is 2.76. The van der Waals surface area contributed by atoms with Crippen LogP contribution >= 0.6 is 15.9 Å². The topological polar surface area (TPSA) is 29.9 Å². The monoisotopic (exact) mass is 321 g/mol. The molecular formula is C15H20BrN3. The van der Waals surface area contributed by atoms with E-state index in [0.717, 1.165) is 22.4 Å². The Morgan fingerprint density at radius 3 is 2.63 bits per heavy atom. The lowest BCUT2D eigenvalue weighted by molar-refractivity contribution is 0.527.